The SMILES string of the molecule is Cc1cc(C)c(C)c(Oc2cc(NC(=O)c3ccn(COc4cccc(Cl)c4)n3)cc([N+](=O)[O-])c2)c1. The van der Waals surface area contributed by atoms with E-state index in [1.165, 1.54) is 28.9 Å². The minimum absolute atomic E-state index is 0.0671. The number of nitrogens with zero attached hydrogens (tertiary/aromatic N) is 3. The number of anilines is 1. The number of rotatable bonds is 8. The van der Waals surface area contributed by atoms with Crippen LogP contribution in [-0.4, -0.2) is 20.6 Å². The number of carbonyl (C=O) groups excluding carboxylic acids is 1. The molecule has 0 fully saturated rings. The molecule has 0 atom stereocenters. The summed E-state index contributed by atoms with van der Waals surface area (Å²) in [7, 11) is 0. The summed E-state index contributed by atoms with van der Waals surface area (Å²) in [5, 5.41) is 18.9. The zero-order valence-electron chi connectivity index (χ0n) is 19.8. The van der Waals surface area contributed by atoms with Crippen LogP contribution in [0.15, 0.2) is 66.9 Å². The number of amides is 1. The van der Waals surface area contributed by atoms with Crippen LogP contribution in [0, 0.1) is 30.9 Å². The van der Waals surface area contributed by atoms with Gasteiger partial charge in [0.2, 0.25) is 0 Å². The molecule has 10 heteroatoms. The predicted octanol–water partition coefficient (Wildman–Crippen LogP) is 6.45. The molecule has 0 aliphatic rings. The van der Waals surface area contributed by atoms with E-state index in [0.29, 0.717) is 16.5 Å². The van der Waals surface area contributed by atoms with E-state index in [2.05, 4.69) is 10.4 Å². The lowest BCUT2D eigenvalue weighted by Gasteiger charge is -2.13. The first-order chi connectivity index (χ1) is 17.2. The molecule has 1 N–H and O–H groups in total. The van der Waals surface area contributed by atoms with Crippen molar-refractivity contribution in [2.75, 3.05) is 5.32 Å². The summed E-state index contributed by atoms with van der Waals surface area (Å²) in [4.78, 5) is 23.7. The maximum Gasteiger partial charge on any atom is 0.276 e. The third-order valence-corrected chi connectivity index (χ3v) is 5.62. The molecule has 0 bridgehead atoms. The third-order valence-electron chi connectivity index (χ3n) is 5.38. The van der Waals surface area contributed by atoms with Gasteiger partial charge in [-0.25, -0.2) is 4.68 Å². The lowest BCUT2D eigenvalue weighted by Crippen LogP contribution is -2.14. The summed E-state index contributed by atoms with van der Waals surface area (Å²) in [6.07, 6.45) is 1.59. The van der Waals surface area contributed by atoms with Crippen molar-refractivity contribution < 1.29 is 19.2 Å². The number of hydrogen-bond acceptors (Lipinski definition) is 6. The topological polar surface area (TPSA) is 109 Å². The zero-order valence-corrected chi connectivity index (χ0v) is 20.6. The number of ether oxygens (including phenoxy) is 2. The van der Waals surface area contributed by atoms with Crippen molar-refractivity contribution in [3.05, 3.63) is 104 Å². The van der Waals surface area contributed by atoms with Gasteiger partial charge < -0.3 is 14.8 Å². The second-order valence-electron chi connectivity index (χ2n) is 8.21. The van der Waals surface area contributed by atoms with Gasteiger partial charge in [-0.15, -0.1) is 0 Å². The number of aryl methyl sites for hydroxylation is 2. The molecule has 4 rings (SSSR count). The summed E-state index contributed by atoms with van der Waals surface area (Å²) in [5.74, 6) is 0.842. The van der Waals surface area contributed by atoms with Gasteiger partial charge in [0.1, 0.15) is 17.2 Å². The van der Waals surface area contributed by atoms with Gasteiger partial charge in [0.15, 0.2) is 12.4 Å². The van der Waals surface area contributed by atoms with E-state index in [0.717, 1.165) is 16.7 Å². The molecule has 0 spiro atoms. The minimum Gasteiger partial charge on any atom is -0.471 e. The number of nitro groups is 1. The fourth-order valence-corrected chi connectivity index (χ4v) is 3.68. The van der Waals surface area contributed by atoms with Crippen molar-refractivity contribution in [2.45, 2.75) is 27.5 Å². The van der Waals surface area contributed by atoms with Crippen LogP contribution in [0.1, 0.15) is 27.2 Å². The van der Waals surface area contributed by atoms with Crippen LogP contribution in [0.2, 0.25) is 5.02 Å². The van der Waals surface area contributed by atoms with Gasteiger partial charge in [-0.1, -0.05) is 23.7 Å². The maximum atomic E-state index is 12.8. The predicted molar refractivity (Wildman–Crippen MR) is 136 cm³/mol. The van der Waals surface area contributed by atoms with Gasteiger partial charge in [0.05, 0.1) is 16.7 Å². The number of benzene rings is 3. The molecule has 1 amide bonds. The van der Waals surface area contributed by atoms with Crippen molar-refractivity contribution in [2.24, 2.45) is 0 Å². The molecule has 1 aromatic heterocycles. The Morgan fingerprint density at radius 1 is 1.08 bits per heavy atom. The highest BCUT2D eigenvalue weighted by Crippen LogP contribution is 2.33. The number of nitrogens with one attached hydrogen (secondary N) is 1. The molecule has 36 heavy (non-hydrogen) atoms. The second-order valence-corrected chi connectivity index (χ2v) is 8.64. The van der Waals surface area contributed by atoms with E-state index in [1.807, 2.05) is 32.9 Å². The number of aromatic nitrogens is 2. The Morgan fingerprint density at radius 2 is 1.89 bits per heavy atom. The van der Waals surface area contributed by atoms with E-state index < -0.39 is 10.8 Å². The third kappa shape index (κ3) is 6.00. The summed E-state index contributed by atoms with van der Waals surface area (Å²) in [5.41, 5.74) is 3.06. The number of carbonyl (C=O) groups is 1. The molecule has 0 saturated heterocycles. The molecule has 0 aliphatic heterocycles. The standard InChI is InChI=1S/C26H23ClN4O5/c1-16-9-17(2)18(3)25(10-16)36-23-13-20(12-21(14-23)31(33)34)28-26(32)24-7-8-30(29-24)15-35-22-6-4-5-19(27)11-22/h4-14H,15H2,1-3H3,(H,28,32). The first kappa shape index (κ1) is 24.7. The van der Waals surface area contributed by atoms with Crippen molar-refractivity contribution in [1.82, 2.24) is 9.78 Å². The monoisotopic (exact) mass is 506 g/mol. The quantitative estimate of drug-likeness (QED) is 0.217. The molecule has 0 aliphatic carbocycles. The Labute approximate surface area is 212 Å². The molecule has 0 unspecified atom stereocenters. The van der Waals surface area contributed by atoms with Crippen LogP contribution in [-0.2, 0) is 6.73 Å². The summed E-state index contributed by atoms with van der Waals surface area (Å²) in [6, 6.07) is 16.4. The highest BCUT2D eigenvalue weighted by atomic mass is 35.5. The van der Waals surface area contributed by atoms with Gasteiger partial charge in [-0.3, -0.25) is 14.9 Å². The van der Waals surface area contributed by atoms with Crippen LogP contribution >= 0.6 is 11.6 Å². The van der Waals surface area contributed by atoms with Crippen molar-refractivity contribution in [3.63, 3.8) is 0 Å². The lowest BCUT2D eigenvalue weighted by molar-refractivity contribution is -0.384. The van der Waals surface area contributed by atoms with Crippen molar-refractivity contribution in [3.8, 4) is 17.2 Å². The lowest BCUT2D eigenvalue weighted by atomic mass is 10.1. The van der Waals surface area contributed by atoms with Crippen molar-refractivity contribution >= 4 is 28.9 Å². The van der Waals surface area contributed by atoms with Gasteiger partial charge in [-0.2, -0.15) is 5.10 Å². The average Bonchev–Trinajstić information content (AvgIpc) is 3.30. The smallest absolute Gasteiger partial charge is 0.276 e. The zero-order chi connectivity index (χ0) is 25.8. The molecule has 184 valence electrons. The Balaban J connectivity index is 1.50. The van der Waals surface area contributed by atoms with Gasteiger partial charge in [-0.05, 0) is 67.8 Å². The fraction of sp³-hybridized carbons (Fsp3) is 0.154. The summed E-state index contributed by atoms with van der Waals surface area (Å²) < 4.78 is 13.0. The molecular weight excluding hydrogens is 484 g/mol. The molecule has 1 heterocycles. The Kier molecular flexibility index (Phi) is 7.21. The highest BCUT2D eigenvalue weighted by molar-refractivity contribution is 6.30. The van der Waals surface area contributed by atoms with Crippen molar-refractivity contribution in [1.29, 1.82) is 0 Å². The number of hydrogen-bond donors (Lipinski definition) is 1. The average molecular weight is 507 g/mol. The maximum absolute atomic E-state index is 12.8. The van der Waals surface area contributed by atoms with E-state index in [4.69, 9.17) is 21.1 Å². The number of nitro benzene ring substituents is 1. The van der Waals surface area contributed by atoms with Crippen LogP contribution in [0.5, 0.6) is 17.2 Å². The second kappa shape index (κ2) is 10.5. The first-order valence-electron chi connectivity index (χ1n) is 11.0. The van der Waals surface area contributed by atoms with Gasteiger partial charge in [0.25, 0.3) is 11.6 Å². The Morgan fingerprint density at radius 3 is 2.64 bits per heavy atom. The normalized spacial score (nSPS) is 10.7. The van der Waals surface area contributed by atoms with Gasteiger partial charge >= 0.3 is 0 Å². The number of halogens is 1. The molecule has 0 saturated carbocycles. The number of non-ortho nitro benzene ring substituents is 1. The van der Waals surface area contributed by atoms with Gasteiger partial charge in [0, 0.05) is 23.4 Å². The Bertz CT molecular complexity index is 1450. The molecule has 0 radical (unpaired) electrons. The van der Waals surface area contributed by atoms with Crippen LogP contribution in [0.25, 0.3) is 0 Å². The molecular formula is C26H23ClN4O5. The molecule has 4 aromatic rings. The van der Waals surface area contributed by atoms with Crippen LogP contribution in [0.4, 0.5) is 11.4 Å². The summed E-state index contributed by atoms with van der Waals surface area (Å²) in [6.45, 7) is 5.89. The van der Waals surface area contributed by atoms with E-state index in [9.17, 15) is 14.9 Å². The van der Waals surface area contributed by atoms with E-state index in [-0.39, 0.29) is 29.5 Å². The largest absolute Gasteiger partial charge is 0.471 e. The highest BCUT2D eigenvalue weighted by Gasteiger charge is 2.16. The minimum atomic E-state index is -0.543. The fourth-order valence-electron chi connectivity index (χ4n) is 3.50. The summed E-state index contributed by atoms with van der Waals surface area (Å²) >= 11 is 5.95. The molecule has 3 aromatic carbocycles. The van der Waals surface area contributed by atoms with Crippen LogP contribution < -0.4 is 14.8 Å². The Hall–Kier alpha value is -4.37. The first-order valence-corrected chi connectivity index (χ1v) is 11.3. The molecule has 9 nitrogen and oxygen atoms in total. The van der Waals surface area contributed by atoms with E-state index >= 15 is 0 Å². The van der Waals surface area contributed by atoms with E-state index in [1.54, 1.807) is 30.5 Å². The van der Waals surface area contributed by atoms with Crippen LogP contribution in [0.3, 0.4) is 0 Å².